The summed E-state index contributed by atoms with van der Waals surface area (Å²) in [7, 11) is 0. The second kappa shape index (κ2) is 5.55. The Balaban J connectivity index is 1.84. The molecular weight excluding hydrogens is 276 g/mol. The van der Waals surface area contributed by atoms with Crippen LogP contribution >= 0.6 is 0 Å². The molecule has 1 N–H and O–H groups in total. The molecule has 0 aromatic carbocycles. The lowest BCUT2D eigenvalue weighted by Crippen LogP contribution is -2.32. The van der Waals surface area contributed by atoms with Crippen molar-refractivity contribution in [2.45, 2.75) is 51.6 Å². The maximum atomic E-state index is 12.3. The molecule has 1 atom stereocenters. The molecule has 0 unspecified atom stereocenters. The molecule has 0 saturated carbocycles. The molecular formula is C17H22N4O. The average Bonchev–Trinajstić information content (AvgIpc) is 2.93. The van der Waals surface area contributed by atoms with Crippen LogP contribution in [0.1, 0.15) is 61.3 Å². The summed E-state index contributed by atoms with van der Waals surface area (Å²) < 4.78 is 2.09. The van der Waals surface area contributed by atoms with Gasteiger partial charge < -0.3 is 5.32 Å². The van der Waals surface area contributed by atoms with E-state index in [1.807, 2.05) is 6.20 Å². The van der Waals surface area contributed by atoms with E-state index >= 15 is 0 Å². The van der Waals surface area contributed by atoms with E-state index in [-0.39, 0.29) is 17.5 Å². The van der Waals surface area contributed by atoms with Gasteiger partial charge in [-0.05, 0) is 52.2 Å². The van der Waals surface area contributed by atoms with Crippen molar-refractivity contribution in [3.05, 3.63) is 47.5 Å². The molecule has 1 aliphatic carbocycles. The van der Waals surface area contributed by atoms with Gasteiger partial charge in [0, 0.05) is 23.7 Å². The SMILES string of the molecule is CC(C)(C)n1ncc2c1CCC[C@H]2NC(=O)c1cccnc1. The number of amides is 1. The molecule has 1 aliphatic rings. The lowest BCUT2D eigenvalue weighted by molar-refractivity contribution is 0.0932. The Morgan fingerprint density at radius 3 is 2.86 bits per heavy atom. The van der Waals surface area contributed by atoms with Crippen LogP contribution in [0.3, 0.4) is 0 Å². The number of pyridine rings is 1. The summed E-state index contributed by atoms with van der Waals surface area (Å²) in [6.07, 6.45) is 8.21. The number of hydrogen-bond donors (Lipinski definition) is 1. The van der Waals surface area contributed by atoms with E-state index in [9.17, 15) is 4.79 Å². The van der Waals surface area contributed by atoms with E-state index < -0.39 is 0 Å². The molecule has 1 amide bonds. The van der Waals surface area contributed by atoms with E-state index in [1.54, 1.807) is 24.5 Å². The van der Waals surface area contributed by atoms with Gasteiger partial charge >= 0.3 is 0 Å². The van der Waals surface area contributed by atoms with Gasteiger partial charge in [0.1, 0.15) is 0 Å². The Bertz CT molecular complexity index is 670. The fraction of sp³-hybridized carbons (Fsp3) is 0.471. The van der Waals surface area contributed by atoms with Gasteiger partial charge in [-0.2, -0.15) is 5.10 Å². The maximum absolute atomic E-state index is 12.3. The second-order valence-corrected chi connectivity index (χ2v) is 6.79. The van der Waals surface area contributed by atoms with Gasteiger partial charge in [0.15, 0.2) is 0 Å². The van der Waals surface area contributed by atoms with Gasteiger partial charge in [0.2, 0.25) is 0 Å². The molecule has 22 heavy (non-hydrogen) atoms. The quantitative estimate of drug-likeness (QED) is 0.927. The van der Waals surface area contributed by atoms with Crippen LogP contribution in [0, 0.1) is 0 Å². The van der Waals surface area contributed by atoms with Crippen LogP contribution in [-0.4, -0.2) is 20.7 Å². The van der Waals surface area contributed by atoms with Gasteiger partial charge in [-0.25, -0.2) is 0 Å². The highest BCUT2D eigenvalue weighted by Gasteiger charge is 2.29. The van der Waals surface area contributed by atoms with Crippen LogP contribution in [0.2, 0.25) is 0 Å². The van der Waals surface area contributed by atoms with E-state index in [0.717, 1.165) is 24.8 Å². The highest BCUT2D eigenvalue weighted by atomic mass is 16.1. The van der Waals surface area contributed by atoms with Crippen molar-refractivity contribution in [3.63, 3.8) is 0 Å². The molecule has 2 heterocycles. The molecule has 2 aromatic heterocycles. The molecule has 0 aliphatic heterocycles. The zero-order chi connectivity index (χ0) is 15.7. The Morgan fingerprint density at radius 1 is 1.36 bits per heavy atom. The normalized spacial score (nSPS) is 17.9. The number of aromatic nitrogens is 3. The standard InChI is InChI=1S/C17H22N4O/c1-17(2,3)21-15-8-4-7-14(13(15)11-19-21)20-16(22)12-6-5-9-18-10-12/h5-6,9-11,14H,4,7-8H2,1-3H3,(H,20,22)/t14-/m1/s1. The number of hydrogen-bond acceptors (Lipinski definition) is 3. The molecule has 0 radical (unpaired) electrons. The minimum absolute atomic E-state index is 0.0348. The summed E-state index contributed by atoms with van der Waals surface area (Å²) >= 11 is 0. The first-order chi connectivity index (χ1) is 10.5. The summed E-state index contributed by atoms with van der Waals surface area (Å²) in [5.74, 6) is -0.0746. The zero-order valence-electron chi connectivity index (χ0n) is 13.3. The third-order valence-corrected chi connectivity index (χ3v) is 4.05. The van der Waals surface area contributed by atoms with E-state index in [2.05, 4.69) is 40.9 Å². The number of nitrogens with one attached hydrogen (secondary N) is 1. The van der Waals surface area contributed by atoms with E-state index in [0.29, 0.717) is 5.56 Å². The highest BCUT2D eigenvalue weighted by Crippen LogP contribution is 2.32. The van der Waals surface area contributed by atoms with E-state index in [4.69, 9.17) is 0 Å². The molecule has 0 spiro atoms. The molecule has 3 rings (SSSR count). The van der Waals surface area contributed by atoms with Crippen molar-refractivity contribution in [3.8, 4) is 0 Å². The average molecular weight is 298 g/mol. The van der Waals surface area contributed by atoms with E-state index in [1.165, 1.54) is 5.69 Å². The first-order valence-corrected chi connectivity index (χ1v) is 7.75. The smallest absolute Gasteiger partial charge is 0.253 e. The first-order valence-electron chi connectivity index (χ1n) is 7.75. The third kappa shape index (κ3) is 2.75. The van der Waals surface area contributed by atoms with Crippen molar-refractivity contribution in [1.29, 1.82) is 0 Å². The van der Waals surface area contributed by atoms with Crippen molar-refractivity contribution >= 4 is 5.91 Å². The first kappa shape index (κ1) is 14.8. The Morgan fingerprint density at radius 2 is 2.18 bits per heavy atom. The summed E-state index contributed by atoms with van der Waals surface area (Å²) in [5, 5.41) is 7.68. The number of fused-ring (bicyclic) bond motifs is 1. The molecule has 116 valence electrons. The Labute approximate surface area is 130 Å². The minimum atomic E-state index is -0.0746. The topological polar surface area (TPSA) is 59.8 Å². The van der Waals surface area contributed by atoms with Crippen LogP contribution < -0.4 is 5.32 Å². The molecule has 0 bridgehead atoms. The highest BCUT2D eigenvalue weighted by molar-refractivity contribution is 5.94. The lowest BCUT2D eigenvalue weighted by Gasteiger charge is -2.28. The van der Waals surface area contributed by atoms with Crippen molar-refractivity contribution in [1.82, 2.24) is 20.1 Å². The fourth-order valence-corrected chi connectivity index (χ4v) is 3.02. The lowest BCUT2D eigenvalue weighted by atomic mass is 9.92. The maximum Gasteiger partial charge on any atom is 0.253 e. The molecule has 2 aromatic rings. The van der Waals surface area contributed by atoms with Crippen LogP contribution in [-0.2, 0) is 12.0 Å². The van der Waals surface area contributed by atoms with Gasteiger partial charge in [0.25, 0.3) is 5.91 Å². The van der Waals surface area contributed by atoms with Gasteiger partial charge in [-0.15, -0.1) is 0 Å². The van der Waals surface area contributed by atoms with Crippen LogP contribution in [0.4, 0.5) is 0 Å². The molecule has 0 fully saturated rings. The minimum Gasteiger partial charge on any atom is -0.345 e. The van der Waals surface area contributed by atoms with Gasteiger partial charge in [-0.3, -0.25) is 14.5 Å². The number of nitrogens with zero attached hydrogens (tertiary/aromatic N) is 3. The summed E-state index contributed by atoms with van der Waals surface area (Å²) in [4.78, 5) is 16.4. The largest absolute Gasteiger partial charge is 0.345 e. The predicted molar refractivity (Wildman–Crippen MR) is 84.6 cm³/mol. The second-order valence-electron chi connectivity index (χ2n) is 6.79. The van der Waals surface area contributed by atoms with Gasteiger partial charge in [-0.1, -0.05) is 0 Å². The molecule has 5 nitrogen and oxygen atoms in total. The van der Waals surface area contributed by atoms with Crippen LogP contribution in [0.15, 0.2) is 30.7 Å². The molecule has 5 heteroatoms. The summed E-state index contributed by atoms with van der Waals surface area (Å²) in [6, 6.07) is 3.59. The van der Waals surface area contributed by atoms with Crippen LogP contribution in [0.25, 0.3) is 0 Å². The zero-order valence-corrected chi connectivity index (χ0v) is 13.3. The number of rotatable bonds is 2. The fourth-order valence-electron chi connectivity index (χ4n) is 3.02. The summed E-state index contributed by atoms with van der Waals surface area (Å²) in [5.41, 5.74) is 2.95. The number of carbonyl (C=O) groups is 1. The Hall–Kier alpha value is -2.17. The number of carbonyl (C=O) groups excluding carboxylic acids is 1. The van der Waals surface area contributed by atoms with Gasteiger partial charge in [0.05, 0.1) is 23.3 Å². The Kier molecular flexibility index (Phi) is 3.72. The molecule has 0 saturated heterocycles. The van der Waals surface area contributed by atoms with Crippen molar-refractivity contribution < 1.29 is 4.79 Å². The third-order valence-electron chi connectivity index (χ3n) is 4.05. The van der Waals surface area contributed by atoms with Crippen molar-refractivity contribution in [2.75, 3.05) is 0 Å². The predicted octanol–water partition coefficient (Wildman–Crippen LogP) is 2.84. The summed E-state index contributed by atoms with van der Waals surface area (Å²) in [6.45, 7) is 6.45. The van der Waals surface area contributed by atoms with Crippen molar-refractivity contribution in [2.24, 2.45) is 0 Å². The monoisotopic (exact) mass is 298 g/mol. The van der Waals surface area contributed by atoms with Crippen LogP contribution in [0.5, 0.6) is 0 Å².